The van der Waals surface area contributed by atoms with E-state index >= 15 is 0 Å². The van der Waals surface area contributed by atoms with Crippen LogP contribution in [0.3, 0.4) is 0 Å². The zero-order valence-corrected chi connectivity index (χ0v) is 23.6. The summed E-state index contributed by atoms with van der Waals surface area (Å²) >= 11 is 0. The number of nitrogens with two attached hydrogens (primary N) is 1. The Labute approximate surface area is 229 Å². The SMILES string of the molecule is CCCCOC(=O)O[C@@H](C)COC(=O)[C@@H](N)Cc1ccc(OC(=O)OC(C)CC)c(OC(=O)OC(C)CC)c1. The van der Waals surface area contributed by atoms with Gasteiger partial charge in [-0.3, -0.25) is 4.79 Å². The molecule has 0 heterocycles. The molecule has 0 aliphatic heterocycles. The van der Waals surface area contributed by atoms with Crippen molar-refractivity contribution in [3.8, 4) is 11.5 Å². The summed E-state index contributed by atoms with van der Waals surface area (Å²) in [6, 6.07) is 3.24. The fraction of sp³-hybridized carbons (Fsp3) is 0.630. The first kappa shape index (κ1) is 33.5. The highest BCUT2D eigenvalue weighted by atomic mass is 16.8. The topological polar surface area (TPSA) is 159 Å². The average molecular weight is 556 g/mol. The van der Waals surface area contributed by atoms with Crippen LogP contribution in [0.2, 0.25) is 0 Å². The Morgan fingerprint density at radius 3 is 1.90 bits per heavy atom. The largest absolute Gasteiger partial charge is 0.514 e. The molecule has 2 unspecified atom stereocenters. The summed E-state index contributed by atoms with van der Waals surface area (Å²) < 4.78 is 35.8. The molecule has 12 heteroatoms. The Hall–Kier alpha value is -3.54. The fourth-order valence-electron chi connectivity index (χ4n) is 2.74. The molecule has 0 spiro atoms. The van der Waals surface area contributed by atoms with Gasteiger partial charge in [0.05, 0.1) is 6.61 Å². The third-order valence-electron chi connectivity index (χ3n) is 5.37. The Morgan fingerprint density at radius 2 is 1.33 bits per heavy atom. The summed E-state index contributed by atoms with van der Waals surface area (Å²) in [7, 11) is 0. The lowest BCUT2D eigenvalue weighted by Gasteiger charge is -2.17. The summed E-state index contributed by atoms with van der Waals surface area (Å²) in [6.07, 6.45) is -1.57. The van der Waals surface area contributed by atoms with Crippen molar-refractivity contribution < 1.29 is 52.3 Å². The van der Waals surface area contributed by atoms with Crippen LogP contribution in [0.4, 0.5) is 14.4 Å². The predicted molar refractivity (Wildman–Crippen MR) is 140 cm³/mol. The highest BCUT2D eigenvalue weighted by Gasteiger charge is 2.22. The van der Waals surface area contributed by atoms with Gasteiger partial charge >= 0.3 is 24.4 Å². The molecule has 1 aromatic rings. The molecule has 0 bridgehead atoms. The first-order chi connectivity index (χ1) is 18.5. The van der Waals surface area contributed by atoms with Crippen molar-refractivity contribution >= 4 is 24.4 Å². The van der Waals surface area contributed by atoms with Gasteiger partial charge in [-0.25, -0.2) is 14.4 Å². The van der Waals surface area contributed by atoms with Gasteiger partial charge in [-0.1, -0.05) is 33.3 Å². The first-order valence-electron chi connectivity index (χ1n) is 13.1. The van der Waals surface area contributed by atoms with Gasteiger partial charge in [-0.2, -0.15) is 0 Å². The molecule has 12 nitrogen and oxygen atoms in total. The maximum atomic E-state index is 12.4. The molecule has 2 N–H and O–H groups in total. The van der Waals surface area contributed by atoms with Gasteiger partial charge in [0.2, 0.25) is 0 Å². The van der Waals surface area contributed by atoms with Crippen molar-refractivity contribution in [2.75, 3.05) is 13.2 Å². The molecule has 0 amide bonds. The van der Waals surface area contributed by atoms with E-state index < -0.39 is 42.7 Å². The minimum absolute atomic E-state index is 0.00148. The van der Waals surface area contributed by atoms with Crippen LogP contribution in [0.15, 0.2) is 18.2 Å². The number of ether oxygens (including phenoxy) is 7. The fourth-order valence-corrected chi connectivity index (χ4v) is 2.74. The lowest BCUT2D eigenvalue weighted by molar-refractivity contribution is -0.148. The molecule has 4 atom stereocenters. The van der Waals surface area contributed by atoms with Crippen LogP contribution in [-0.2, 0) is 34.9 Å². The molecule has 1 aromatic carbocycles. The number of rotatable bonds is 15. The predicted octanol–water partition coefficient (Wildman–Crippen LogP) is 5.07. The second-order valence-corrected chi connectivity index (χ2v) is 8.98. The van der Waals surface area contributed by atoms with E-state index in [2.05, 4.69) is 0 Å². The van der Waals surface area contributed by atoms with Crippen molar-refractivity contribution in [1.29, 1.82) is 0 Å². The summed E-state index contributed by atoms with van der Waals surface area (Å²) in [5.74, 6) is -0.937. The van der Waals surface area contributed by atoms with Gasteiger partial charge in [0.1, 0.15) is 31.0 Å². The van der Waals surface area contributed by atoms with Crippen LogP contribution in [-0.4, -0.2) is 62.0 Å². The van der Waals surface area contributed by atoms with E-state index in [4.69, 9.17) is 38.9 Å². The number of carbonyl (C=O) groups excluding carboxylic acids is 4. The van der Waals surface area contributed by atoms with Gasteiger partial charge < -0.3 is 38.9 Å². The van der Waals surface area contributed by atoms with Crippen LogP contribution in [0.1, 0.15) is 72.8 Å². The molecule has 1 rings (SSSR count). The third kappa shape index (κ3) is 13.7. The van der Waals surface area contributed by atoms with Crippen molar-refractivity contribution in [2.24, 2.45) is 5.73 Å². The minimum Gasteiger partial charge on any atom is -0.461 e. The second-order valence-electron chi connectivity index (χ2n) is 8.98. The number of esters is 1. The Bertz CT molecular complexity index is 936. The average Bonchev–Trinajstić information content (AvgIpc) is 2.88. The Kier molecular flexibility index (Phi) is 15.3. The lowest BCUT2D eigenvalue weighted by Crippen LogP contribution is -2.36. The van der Waals surface area contributed by atoms with E-state index in [9.17, 15) is 19.2 Å². The first-order valence-corrected chi connectivity index (χ1v) is 13.1. The third-order valence-corrected chi connectivity index (χ3v) is 5.37. The monoisotopic (exact) mass is 555 g/mol. The van der Waals surface area contributed by atoms with E-state index in [0.717, 1.165) is 6.42 Å². The zero-order chi connectivity index (χ0) is 29.4. The molecule has 220 valence electrons. The lowest BCUT2D eigenvalue weighted by atomic mass is 10.1. The standard InChI is InChI=1S/C27H41NO11/c1-7-10-13-33-25(30)37-19(6)16-34-24(29)21(28)14-20-11-12-22(38-26(31)35-17(4)8-2)23(15-20)39-27(32)36-18(5)9-3/h11-12,15,17-19,21H,7-10,13-14,16,28H2,1-6H3/t17?,18?,19-,21-/m0/s1. The highest BCUT2D eigenvalue weighted by Crippen LogP contribution is 2.30. The van der Waals surface area contributed by atoms with Gasteiger partial charge in [0.25, 0.3) is 0 Å². The van der Waals surface area contributed by atoms with Gasteiger partial charge in [-0.15, -0.1) is 0 Å². The summed E-state index contributed by atoms with van der Waals surface area (Å²) in [6.45, 7) is 10.6. The van der Waals surface area contributed by atoms with E-state index in [1.54, 1.807) is 26.8 Å². The molecular formula is C27H41NO11. The maximum absolute atomic E-state index is 12.4. The van der Waals surface area contributed by atoms with Crippen LogP contribution in [0.5, 0.6) is 11.5 Å². The van der Waals surface area contributed by atoms with Crippen LogP contribution in [0.25, 0.3) is 0 Å². The van der Waals surface area contributed by atoms with Gasteiger partial charge in [0.15, 0.2) is 11.5 Å². The number of benzene rings is 1. The molecule has 0 aromatic heterocycles. The molecule has 0 saturated heterocycles. The van der Waals surface area contributed by atoms with Crippen molar-refractivity contribution in [2.45, 2.75) is 98.0 Å². The van der Waals surface area contributed by atoms with Crippen molar-refractivity contribution in [3.63, 3.8) is 0 Å². The van der Waals surface area contributed by atoms with Crippen LogP contribution >= 0.6 is 0 Å². The molecule has 0 fully saturated rings. The summed E-state index contributed by atoms with van der Waals surface area (Å²) in [4.78, 5) is 48.3. The molecule has 0 saturated carbocycles. The molecule has 0 radical (unpaired) electrons. The normalized spacial score (nSPS) is 13.7. The van der Waals surface area contributed by atoms with Crippen molar-refractivity contribution in [1.82, 2.24) is 0 Å². The summed E-state index contributed by atoms with van der Waals surface area (Å²) in [5.41, 5.74) is 6.48. The smallest absolute Gasteiger partial charge is 0.461 e. The van der Waals surface area contributed by atoms with E-state index in [1.807, 2.05) is 20.8 Å². The maximum Gasteiger partial charge on any atom is 0.514 e. The van der Waals surface area contributed by atoms with Crippen LogP contribution in [0, 0.1) is 0 Å². The van der Waals surface area contributed by atoms with E-state index in [-0.39, 0.29) is 37.2 Å². The Balaban J connectivity index is 2.83. The second kappa shape index (κ2) is 17.9. The van der Waals surface area contributed by atoms with Crippen LogP contribution < -0.4 is 15.2 Å². The zero-order valence-electron chi connectivity index (χ0n) is 23.6. The minimum atomic E-state index is -1.09. The van der Waals surface area contributed by atoms with Crippen molar-refractivity contribution in [3.05, 3.63) is 23.8 Å². The highest BCUT2D eigenvalue weighted by molar-refractivity contribution is 5.76. The van der Waals surface area contributed by atoms with E-state index in [1.165, 1.54) is 12.1 Å². The van der Waals surface area contributed by atoms with E-state index in [0.29, 0.717) is 24.8 Å². The number of hydrogen-bond acceptors (Lipinski definition) is 12. The number of unbranched alkanes of at least 4 members (excludes halogenated alkanes) is 1. The van der Waals surface area contributed by atoms with Gasteiger partial charge in [-0.05, 0) is 64.2 Å². The quantitative estimate of drug-likeness (QED) is 0.133. The number of hydrogen-bond donors (Lipinski definition) is 1. The van der Waals surface area contributed by atoms with Gasteiger partial charge in [0, 0.05) is 0 Å². The Morgan fingerprint density at radius 1 is 0.769 bits per heavy atom. The molecular weight excluding hydrogens is 514 g/mol. The number of carbonyl (C=O) groups is 4. The molecule has 39 heavy (non-hydrogen) atoms. The molecule has 0 aliphatic rings. The molecule has 0 aliphatic carbocycles. The summed E-state index contributed by atoms with van der Waals surface area (Å²) in [5, 5.41) is 0.